The van der Waals surface area contributed by atoms with Crippen molar-refractivity contribution in [3.05, 3.63) is 0 Å². The molecule has 152 valence electrons. The average molecular weight is 375 g/mol. The van der Waals surface area contributed by atoms with Crippen molar-refractivity contribution in [3.8, 4) is 0 Å². The van der Waals surface area contributed by atoms with Crippen molar-refractivity contribution in [1.82, 2.24) is 0 Å². The number of ketones is 1. The summed E-state index contributed by atoms with van der Waals surface area (Å²) >= 11 is 0. The third kappa shape index (κ3) is 2.49. The second-order valence-corrected chi connectivity index (χ2v) is 11.7. The number of hydrogen-bond acceptors (Lipinski definition) is 1. The van der Waals surface area contributed by atoms with Crippen LogP contribution in [0.25, 0.3) is 0 Å². The second-order valence-electron chi connectivity index (χ2n) is 11.7. The van der Waals surface area contributed by atoms with Gasteiger partial charge in [0.1, 0.15) is 6.67 Å². The molecular formula is C25H39FO. The van der Waals surface area contributed by atoms with E-state index in [1.807, 2.05) is 6.92 Å². The van der Waals surface area contributed by atoms with E-state index in [1.165, 1.54) is 44.9 Å². The first-order valence-electron chi connectivity index (χ1n) is 12.0. The molecule has 0 saturated heterocycles. The van der Waals surface area contributed by atoms with Gasteiger partial charge in [0.25, 0.3) is 0 Å². The number of hydrogen-bond donors (Lipinski definition) is 0. The Balaban J connectivity index is 1.43. The summed E-state index contributed by atoms with van der Waals surface area (Å²) in [4.78, 5) is 12.3. The number of fused-ring (bicyclic) bond motifs is 7. The molecule has 0 bridgehead atoms. The Morgan fingerprint density at radius 2 is 1.78 bits per heavy atom. The van der Waals surface area contributed by atoms with E-state index in [-0.39, 0.29) is 11.7 Å². The molecule has 0 radical (unpaired) electrons. The topological polar surface area (TPSA) is 17.1 Å². The summed E-state index contributed by atoms with van der Waals surface area (Å²) in [6.45, 7) is 8.67. The summed E-state index contributed by atoms with van der Waals surface area (Å²) in [6.07, 6.45) is 9.97. The minimum Gasteiger partial charge on any atom is -0.296 e. The zero-order valence-electron chi connectivity index (χ0n) is 17.8. The number of rotatable bonds is 3. The van der Waals surface area contributed by atoms with Gasteiger partial charge in [-0.1, -0.05) is 34.1 Å². The van der Waals surface area contributed by atoms with Crippen LogP contribution in [-0.2, 0) is 4.79 Å². The lowest BCUT2D eigenvalue weighted by Gasteiger charge is -2.58. The number of alkyl halides is 1. The molecule has 6 unspecified atom stereocenters. The van der Waals surface area contributed by atoms with Gasteiger partial charge in [0.2, 0.25) is 0 Å². The molecule has 0 aromatic carbocycles. The highest BCUT2D eigenvalue weighted by atomic mass is 19.1. The monoisotopic (exact) mass is 374 g/mol. The normalized spacial score (nSPS) is 57.1. The van der Waals surface area contributed by atoms with Gasteiger partial charge in [-0.2, -0.15) is 0 Å². The van der Waals surface area contributed by atoms with E-state index in [1.54, 1.807) is 0 Å². The lowest BCUT2D eigenvalue weighted by atomic mass is 9.47. The second kappa shape index (κ2) is 6.30. The van der Waals surface area contributed by atoms with Crippen LogP contribution in [0.2, 0.25) is 0 Å². The maximum atomic E-state index is 13.2. The summed E-state index contributed by atoms with van der Waals surface area (Å²) in [5, 5.41) is 0. The molecule has 0 spiro atoms. The van der Waals surface area contributed by atoms with Gasteiger partial charge in [-0.3, -0.25) is 4.79 Å². The standard InChI is InChI=1S/C25H39FO/c1-13-5-7-17-16(11-13)6-8-19-18(17)9-10-25(4)23(14(2)20(27)12-26)21-15(3)22(21)24(19)25/h13-19,21-24H,5-12H2,1-4H3/t13-,14?,15+,16+,17-,18?,19+,21?,22?,23?,24?,25+/m0/s1. The van der Waals surface area contributed by atoms with Crippen molar-refractivity contribution < 1.29 is 9.18 Å². The van der Waals surface area contributed by atoms with Crippen LogP contribution in [0.3, 0.4) is 0 Å². The van der Waals surface area contributed by atoms with E-state index < -0.39 is 6.67 Å². The van der Waals surface area contributed by atoms with Gasteiger partial charge in [-0.15, -0.1) is 0 Å². The van der Waals surface area contributed by atoms with E-state index in [0.29, 0.717) is 17.3 Å². The summed E-state index contributed by atoms with van der Waals surface area (Å²) in [6, 6.07) is 0. The molecule has 0 N–H and O–H groups in total. The first-order chi connectivity index (χ1) is 12.9. The molecule has 0 amide bonds. The van der Waals surface area contributed by atoms with Crippen LogP contribution in [0.15, 0.2) is 0 Å². The van der Waals surface area contributed by atoms with E-state index in [4.69, 9.17) is 0 Å². The minimum absolute atomic E-state index is 0.0779. The fraction of sp³-hybridized carbons (Fsp3) is 0.960. The van der Waals surface area contributed by atoms with Gasteiger partial charge in [0.05, 0.1) is 0 Å². The van der Waals surface area contributed by atoms with Gasteiger partial charge in [-0.05, 0) is 103 Å². The Hall–Kier alpha value is -0.400. The van der Waals surface area contributed by atoms with Crippen molar-refractivity contribution in [2.45, 2.75) is 72.6 Å². The van der Waals surface area contributed by atoms with Crippen LogP contribution in [0, 0.1) is 70.5 Å². The average Bonchev–Trinajstić information content (AvgIpc) is 3.18. The molecule has 0 aromatic rings. The third-order valence-electron chi connectivity index (χ3n) is 10.8. The highest BCUT2D eigenvalue weighted by molar-refractivity contribution is 5.82. The molecular weight excluding hydrogens is 335 g/mol. The molecule has 12 atom stereocenters. The van der Waals surface area contributed by atoms with Gasteiger partial charge < -0.3 is 0 Å². The Bertz CT molecular complexity index is 615. The molecule has 5 rings (SSSR count). The van der Waals surface area contributed by atoms with Crippen LogP contribution < -0.4 is 0 Å². The minimum atomic E-state index is -0.766. The first-order valence-corrected chi connectivity index (χ1v) is 12.0. The van der Waals surface area contributed by atoms with E-state index in [2.05, 4.69) is 20.8 Å². The Morgan fingerprint density at radius 1 is 1.04 bits per heavy atom. The number of carbonyl (C=O) groups excluding carboxylic acids is 1. The fourth-order valence-corrected chi connectivity index (χ4v) is 9.80. The molecule has 5 aliphatic carbocycles. The molecule has 5 fully saturated rings. The van der Waals surface area contributed by atoms with Gasteiger partial charge in [0.15, 0.2) is 5.78 Å². The highest BCUT2D eigenvalue weighted by Crippen LogP contribution is 2.77. The number of Topliss-reactive ketones (excluding diaryl/α,β-unsaturated/α-hetero) is 1. The fourth-order valence-electron chi connectivity index (χ4n) is 9.80. The highest BCUT2D eigenvalue weighted by Gasteiger charge is 2.73. The van der Waals surface area contributed by atoms with Crippen molar-refractivity contribution in [2.75, 3.05) is 6.67 Å². The van der Waals surface area contributed by atoms with E-state index >= 15 is 0 Å². The molecule has 2 heteroatoms. The van der Waals surface area contributed by atoms with Crippen LogP contribution in [0.5, 0.6) is 0 Å². The first kappa shape index (κ1) is 18.6. The predicted octanol–water partition coefficient (Wildman–Crippen LogP) is 6.17. The quantitative estimate of drug-likeness (QED) is 0.577. The van der Waals surface area contributed by atoms with E-state index in [9.17, 15) is 9.18 Å². The number of carbonyl (C=O) groups is 1. The molecule has 0 heterocycles. The van der Waals surface area contributed by atoms with Crippen LogP contribution >= 0.6 is 0 Å². The largest absolute Gasteiger partial charge is 0.296 e. The zero-order chi connectivity index (χ0) is 19.1. The molecule has 1 nitrogen and oxygen atoms in total. The maximum Gasteiger partial charge on any atom is 0.166 e. The van der Waals surface area contributed by atoms with Gasteiger partial charge in [0, 0.05) is 5.92 Å². The molecule has 27 heavy (non-hydrogen) atoms. The maximum absolute atomic E-state index is 13.2. The van der Waals surface area contributed by atoms with Crippen molar-refractivity contribution in [2.24, 2.45) is 70.5 Å². The van der Waals surface area contributed by atoms with Crippen LogP contribution in [0.1, 0.15) is 72.6 Å². The van der Waals surface area contributed by atoms with Crippen molar-refractivity contribution in [3.63, 3.8) is 0 Å². The smallest absolute Gasteiger partial charge is 0.166 e. The van der Waals surface area contributed by atoms with Crippen LogP contribution in [0.4, 0.5) is 4.39 Å². The SMILES string of the molecule is CC(C(=O)CF)C1C2C(C3[C@@H]4CC[C@@H]5C[C@@H](C)CC[C@@H]5C4CC[C@]13C)[C@@H]2C. The van der Waals surface area contributed by atoms with Crippen molar-refractivity contribution in [1.29, 1.82) is 0 Å². The third-order valence-corrected chi connectivity index (χ3v) is 10.8. The molecule has 0 aliphatic heterocycles. The lowest BCUT2D eigenvalue weighted by Crippen LogP contribution is -2.51. The summed E-state index contributed by atoms with van der Waals surface area (Å²) in [5.41, 5.74) is 0.294. The molecule has 5 aliphatic rings. The summed E-state index contributed by atoms with van der Waals surface area (Å²) in [5.74, 6) is 8.12. The zero-order valence-corrected chi connectivity index (χ0v) is 17.8. The Kier molecular flexibility index (Phi) is 4.34. The van der Waals surface area contributed by atoms with Gasteiger partial charge >= 0.3 is 0 Å². The molecule has 5 saturated carbocycles. The van der Waals surface area contributed by atoms with Gasteiger partial charge in [-0.25, -0.2) is 4.39 Å². The number of halogens is 1. The predicted molar refractivity (Wildman–Crippen MR) is 107 cm³/mol. The Labute approximate surface area is 165 Å². The van der Waals surface area contributed by atoms with E-state index in [0.717, 1.165) is 47.3 Å². The summed E-state index contributed by atoms with van der Waals surface area (Å²) < 4.78 is 13.2. The lowest BCUT2D eigenvalue weighted by molar-refractivity contribution is -0.131. The van der Waals surface area contributed by atoms with Crippen molar-refractivity contribution >= 4 is 5.78 Å². The van der Waals surface area contributed by atoms with Crippen LogP contribution in [-0.4, -0.2) is 12.5 Å². The Morgan fingerprint density at radius 3 is 2.52 bits per heavy atom. The summed E-state index contributed by atoms with van der Waals surface area (Å²) in [7, 11) is 0. The molecule has 0 aromatic heterocycles.